The lowest BCUT2D eigenvalue weighted by Crippen LogP contribution is -2.39. The molecule has 1 amide bonds. The number of nitrogens with zero attached hydrogens (tertiary/aromatic N) is 6. The monoisotopic (exact) mass is 388 g/mol. The molecule has 1 aromatic heterocycles. The van der Waals surface area contributed by atoms with E-state index in [2.05, 4.69) is 20.3 Å². The first-order valence-corrected chi connectivity index (χ1v) is 10.1. The highest BCUT2D eigenvalue weighted by Crippen LogP contribution is 2.24. The zero-order chi connectivity index (χ0) is 18.6. The van der Waals surface area contributed by atoms with E-state index in [1.54, 1.807) is 12.1 Å². The van der Waals surface area contributed by atoms with Crippen LogP contribution in [0.3, 0.4) is 0 Å². The number of benzene rings is 1. The molecule has 8 heteroatoms. The minimum Gasteiger partial charge on any atom is -0.340 e. The summed E-state index contributed by atoms with van der Waals surface area (Å²) in [4.78, 5) is 18.6. The summed E-state index contributed by atoms with van der Waals surface area (Å²) in [5.74, 6) is 0.561. The van der Waals surface area contributed by atoms with Crippen LogP contribution in [-0.2, 0) is 11.3 Å². The molecule has 0 spiro atoms. The molecule has 0 atom stereocenters. The number of halogens is 1. The predicted molar refractivity (Wildman–Crippen MR) is 103 cm³/mol. The van der Waals surface area contributed by atoms with E-state index >= 15 is 0 Å². The van der Waals surface area contributed by atoms with Crippen LogP contribution in [0.15, 0.2) is 24.3 Å². The Kier molecular flexibility index (Phi) is 5.69. The second-order valence-corrected chi connectivity index (χ2v) is 7.80. The van der Waals surface area contributed by atoms with Crippen molar-refractivity contribution in [2.45, 2.75) is 44.7 Å². The number of aromatic nitrogens is 4. The van der Waals surface area contributed by atoms with E-state index < -0.39 is 0 Å². The van der Waals surface area contributed by atoms with Crippen LogP contribution in [0.1, 0.15) is 32.1 Å². The Hall–Kier alpha value is -1.99. The van der Waals surface area contributed by atoms with Gasteiger partial charge in [0.2, 0.25) is 11.7 Å². The van der Waals surface area contributed by atoms with Crippen LogP contribution in [0.25, 0.3) is 11.4 Å². The van der Waals surface area contributed by atoms with Crippen molar-refractivity contribution in [3.05, 3.63) is 29.3 Å². The lowest BCUT2D eigenvalue weighted by atomic mass is 10.2. The zero-order valence-corrected chi connectivity index (χ0v) is 16.2. The molecule has 0 unspecified atom stereocenters. The van der Waals surface area contributed by atoms with Crippen LogP contribution in [0.2, 0.25) is 5.02 Å². The number of hydrogen-bond donors (Lipinski definition) is 0. The fourth-order valence-electron chi connectivity index (χ4n) is 4.07. The van der Waals surface area contributed by atoms with E-state index in [0.29, 0.717) is 10.8 Å². The van der Waals surface area contributed by atoms with Crippen LogP contribution in [0.4, 0.5) is 0 Å². The fraction of sp³-hybridized carbons (Fsp3) is 0.579. The Morgan fingerprint density at radius 3 is 2.59 bits per heavy atom. The first kappa shape index (κ1) is 18.4. The van der Waals surface area contributed by atoms with Gasteiger partial charge in [-0.15, -0.1) is 10.2 Å². The largest absolute Gasteiger partial charge is 0.340 e. The van der Waals surface area contributed by atoms with Crippen LogP contribution >= 0.6 is 11.6 Å². The number of rotatable bonds is 4. The van der Waals surface area contributed by atoms with Gasteiger partial charge in [0, 0.05) is 42.8 Å². The van der Waals surface area contributed by atoms with Gasteiger partial charge in [0.05, 0.1) is 0 Å². The molecular formula is C19H25ClN6O. The highest BCUT2D eigenvalue weighted by molar-refractivity contribution is 6.30. The van der Waals surface area contributed by atoms with Gasteiger partial charge in [-0.1, -0.05) is 24.4 Å². The number of hydrogen-bond acceptors (Lipinski definition) is 5. The van der Waals surface area contributed by atoms with Crippen molar-refractivity contribution in [3.8, 4) is 11.4 Å². The lowest BCUT2D eigenvalue weighted by Gasteiger charge is -2.27. The lowest BCUT2D eigenvalue weighted by molar-refractivity contribution is -0.132. The Morgan fingerprint density at radius 1 is 1.04 bits per heavy atom. The van der Waals surface area contributed by atoms with Crippen molar-refractivity contribution < 1.29 is 4.79 Å². The molecule has 27 heavy (non-hydrogen) atoms. The summed E-state index contributed by atoms with van der Waals surface area (Å²) in [5, 5.41) is 13.1. The molecular weight excluding hydrogens is 364 g/mol. The summed E-state index contributed by atoms with van der Waals surface area (Å²) in [5.41, 5.74) is 0.833. The molecule has 1 saturated heterocycles. The normalized spacial score (nSPS) is 19.4. The minimum atomic E-state index is 0.0586. The van der Waals surface area contributed by atoms with Gasteiger partial charge in [0.1, 0.15) is 6.54 Å². The van der Waals surface area contributed by atoms with Crippen LogP contribution in [0, 0.1) is 0 Å². The second kappa shape index (κ2) is 8.35. The van der Waals surface area contributed by atoms with Gasteiger partial charge in [-0.25, -0.2) is 0 Å². The molecule has 0 radical (unpaired) electrons. The molecule has 1 aliphatic heterocycles. The number of carbonyl (C=O) groups excluding carboxylic acids is 1. The third-order valence-corrected chi connectivity index (χ3v) is 5.81. The molecule has 0 bridgehead atoms. The van der Waals surface area contributed by atoms with E-state index in [1.165, 1.54) is 30.5 Å². The van der Waals surface area contributed by atoms with Crippen LogP contribution in [-0.4, -0.2) is 68.1 Å². The maximum absolute atomic E-state index is 12.7. The first-order chi connectivity index (χ1) is 13.2. The van der Waals surface area contributed by atoms with Crippen molar-refractivity contribution in [1.29, 1.82) is 0 Å². The van der Waals surface area contributed by atoms with Crippen LogP contribution in [0.5, 0.6) is 0 Å². The average molecular weight is 389 g/mol. The third kappa shape index (κ3) is 4.47. The van der Waals surface area contributed by atoms with Gasteiger partial charge in [-0.3, -0.25) is 9.69 Å². The molecule has 144 valence electrons. The van der Waals surface area contributed by atoms with Crippen molar-refractivity contribution in [1.82, 2.24) is 30.0 Å². The molecule has 0 N–H and O–H groups in total. The molecule has 1 aromatic carbocycles. The van der Waals surface area contributed by atoms with Gasteiger partial charge < -0.3 is 4.90 Å². The predicted octanol–water partition coefficient (Wildman–Crippen LogP) is 2.47. The van der Waals surface area contributed by atoms with Gasteiger partial charge in [-0.05, 0) is 48.7 Å². The summed E-state index contributed by atoms with van der Waals surface area (Å²) < 4.78 is 0. The Bertz CT molecular complexity index is 771. The summed E-state index contributed by atoms with van der Waals surface area (Å²) in [6, 6.07) is 7.99. The number of carbonyl (C=O) groups is 1. The Balaban J connectivity index is 1.34. The van der Waals surface area contributed by atoms with E-state index in [1.807, 2.05) is 17.0 Å². The average Bonchev–Trinajstić information content (AvgIpc) is 3.30. The molecule has 7 nitrogen and oxygen atoms in total. The Morgan fingerprint density at radius 2 is 1.81 bits per heavy atom. The quantitative estimate of drug-likeness (QED) is 0.804. The molecule has 4 rings (SSSR count). The first-order valence-electron chi connectivity index (χ1n) is 9.74. The minimum absolute atomic E-state index is 0.0586. The molecule has 2 fully saturated rings. The van der Waals surface area contributed by atoms with Gasteiger partial charge >= 0.3 is 0 Å². The van der Waals surface area contributed by atoms with Gasteiger partial charge in [-0.2, -0.15) is 4.80 Å². The maximum atomic E-state index is 12.7. The van der Waals surface area contributed by atoms with Crippen molar-refractivity contribution in [2.24, 2.45) is 0 Å². The smallest absolute Gasteiger partial charge is 0.246 e. The van der Waals surface area contributed by atoms with Gasteiger partial charge in [0.25, 0.3) is 0 Å². The van der Waals surface area contributed by atoms with Crippen molar-refractivity contribution in [2.75, 3.05) is 26.2 Å². The standard InChI is InChI=1S/C19H25ClN6O/c20-16-8-6-15(7-9-16)19-21-23-26(22-19)14-18(27)25-11-3-10-24(12-13-25)17-4-1-2-5-17/h6-9,17H,1-5,10-14H2. The SMILES string of the molecule is O=C(Cn1nnc(-c2ccc(Cl)cc2)n1)N1CCCN(C2CCCC2)CC1. The van der Waals surface area contributed by atoms with E-state index in [0.717, 1.165) is 44.2 Å². The van der Waals surface area contributed by atoms with Crippen molar-refractivity contribution in [3.63, 3.8) is 0 Å². The maximum Gasteiger partial charge on any atom is 0.246 e. The zero-order valence-electron chi connectivity index (χ0n) is 15.4. The van der Waals surface area contributed by atoms with E-state index in [9.17, 15) is 4.79 Å². The number of tetrazole rings is 1. The summed E-state index contributed by atoms with van der Waals surface area (Å²) in [6.45, 7) is 3.78. The fourth-order valence-corrected chi connectivity index (χ4v) is 4.19. The Labute approximate surface area is 164 Å². The second-order valence-electron chi connectivity index (χ2n) is 7.36. The summed E-state index contributed by atoms with van der Waals surface area (Å²) in [7, 11) is 0. The highest BCUT2D eigenvalue weighted by atomic mass is 35.5. The van der Waals surface area contributed by atoms with Gasteiger partial charge in [0.15, 0.2) is 0 Å². The molecule has 2 aromatic rings. The molecule has 1 aliphatic carbocycles. The third-order valence-electron chi connectivity index (χ3n) is 5.56. The molecule has 2 heterocycles. The topological polar surface area (TPSA) is 67.2 Å². The van der Waals surface area contributed by atoms with E-state index in [-0.39, 0.29) is 12.5 Å². The van der Waals surface area contributed by atoms with Crippen LogP contribution < -0.4 is 0 Å². The molecule has 1 saturated carbocycles. The van der Waals surface area contributed by atoms with Crippen molar-refractivity contribution >= 4 is 17.5 Å². The number of amides is 1. The van der Waals surface area contributed by atoms with E-state index in [4.69, 9.17) is 11.6 Å². The molecule has 2 aliphatic rings. The summed E-state index contributed by atoms with van der Waals surface area (Å²) in [6.07, 6.45) is 6.34. The highest BCUT2D eigenvalue weighted by Gasteiger charge is 2.26. The summed E-state index contributed by atoms with van der Waals surface area (Å²) >= 11 is 5.91.